The Morgan fingerprint density at radius 1 is 0.679 bits per heavy atom. The molecule has 0 fully saturated rings. The first-order valence-electron chi connectivity index (χ1n) is 8.54. The third kappa shape index (κ3) is 6.21. The Bertz CT molecular complexity index is 929. The lowest BCUT2D eigenvalue weighted by molar-refractivity contribution is -0.114. The minimum Gasteiger partial charge on any atom is -0.326 e. The van der Waals surface area contributed by atoms with Gasteiger partial charge in [-0.2, -0.15) is 0 Å². The molecule has 3 amide bonds. The van der Waals surface area contributed by atoms with E-state index in [1.807, 2.05) is 0 Å². The summed E-state index contributed by atoms with van der Waals surface area (Å²) in [5.74, 6) is -1.12. The van der Waals surface area contributed by atoms with E-state index < -0.39 is 11.8 Å². The number of carbonyl (C=O) groups is 4. The van der Waals surface area contributed by atoms with Crippen LogP contribution >= 0.6 is 0 Å². The lowest BCUT2D eigenvalue weighted by Crippen LogP contribution is -2.16. The van der Waals surface area contributed by atoms with Crippen LogP contribution in [0.5, 0.6) is 0 Å². The van der Waals surface area contributed by atoms with Crippen molar-refractivity contribution in [2.45, 2.75) is 20.8 Å². The number of carbonyl (C=O) groups excluding carboxylic acids is 4. The van der Waals surface area contributed by atoms with Crippen LogP contribution in [0.1, 0.15) is 31.1 Å². The molecule has 2 aromatic rings. The molecule has 0 saturated carbocycles. The van der Waals surface area contributed by atoms with E-state index in [9.17, 15) is 19.2 Å². The topological polar surface area (TPSA) is 104 Å². The van der Waals surface area contributed by atoms with E-state index in [2.05, 4.69) is 16.0 Å². The highest BCUT2D eigenvalue weighted by atomic mass is 16.2. The zero-order valence-corrected chi connectivity index (χ0v) is 15.8. The molecule has 0 aliphatic rings. The summed E-state index contributed by atoms with van der Waals surface area (Å²) in [6, 6.07) is 13.1. The Morgan fingerprint density at radius 2 is 1.14 bits per heavy atom. The number of benzene rings is 2. The SMILES string of the molecule is CC(=O)Nc1ccc(NC(=O)/C(C)=C\C(=O)Nc2ccc(C(C)=O)cc2)cc1. The minimum absolute atomic E-state index is 0.0598. The fourth-order valence-electron chi connectivity index (χ4n) is 2.30. The molecule has 0 aliphatic heterocycles. The van der Waals surface area contributed by atoms with Gasteiger partial charge in [-0.15, -0.1) is 0 Å². The molecule has 0 atom stereocenters. The molecule has 7 nitrogen and oxygen atoms in total. The third-order valence-corrected chi connectivity index (χ3v) is 3.73. The molecule has 0 radical (unpaired) electrons. The normalized spacial score (nSPS) is 10.8. The Kier molecular flexibility index (Phi) is 6.81. The van der Waals surface area contributed by atoms with Crippen LogP contribution < -0.4 is 16.0 Å². The molecular formula is C21H21N3O4. The van der Waals surface area contributed by atoms with E-state index in [0.29, 0.717) is 22.6 Å². The van der Waals surface area contributed by atoms with Gasteiger partial charge >= 0.3 is 0 Å². The maximum absolute atomic E-state index is 12.2. The summed E-state index contributed by atoms with van der Waals surface area (Å²) in [7, 11) is 0. The molecule has 0 aliphatic carbocycles. The molecule has 0 unspecified atom stereocenters. The first-order valence-corrected chi connectivity index (χ1v) is 8.54. The molecule has 28 heavy (non-hydrogen) atoms. The second-order valence-corrected chi connectivity index (χ2v) is 6.16. The van der Waals surface area contributed by atoms with Crippen LogP contribution in [0.3, 0.4) is 0 Å². The van der Waals surface area contributed by atoms with Crippen molar-refractivity contribution in [3.05, 3.63) is 65.7 Å². The average Bonchev–Trinajstić information content (AvgIpc) is 2.63. The summed E-state index contributed by atoms with van der Waals surface area (Å²) in [4.78, 5) is 46.5. The summed E-state index contributed by atoms with van der Waals surface area (Å²) in [5, 5.41) is 7.94. The van der Waals surface area contributed by atoms with Crippen molar-refractivity contribution in [2.75, 3.05) is 16.0 Å². The van der Waals surface area contributed by atoms with Crippen molar-refractivity contribution in [1.82, 2.24) is 0 Å². The Balaban J connectivity index is 1.95. The van der Waals surface area contributed by atoms with Gasteiger partial charge in [0.05, 0.1) is 0 Å². The Labute approximate surface area is 162 Å². The fraction of sp³-hybridized carbons (Fsp3) is 0.143. The van der Waals surface area contributed by atoms with E-state index in [0.717, 1.165) is 0 Å². The first-order chi connectivity index (χ1) is 13.2. The number of anilines is 3. The maximum Gasteiger partial charge on any atom is 0.251 e. The van der Waals surface area contributed by atoms with Crippen LogP contribution in [0.4, 0.5) is 17.1 Å². The van der Waals surface area contributed by atoms with Gasteiger partial charge in [0.1, 0.15) is 0 Å². The lowest BCUT2D eigenvalue weighted by atomic mass is 10.1. The van der Waals surface area contributed by atoms with Gasteiger partial charge < -0.3 is 16.0 Å². The van der Waals surface area contributed by atoms with E-state index in [-0.39, 0.29) is 17.3 Å². The summed E-state index contributed by atoms with van der Waals surface area (Å²) in [6.07, 6.45) is 1.19. The van der Waals surface area contributed by atoms with Gasteiger partial charge in [-0.3, -0.25) is 19.2 Å². The van der Waals surface area contributed by atoms with Crippen molar-refractivity contribution in [1.29, 1.82) is 0 Å². The largest absolute Gasteiger partial charge is 0.326 e. The monoisotopic (exact) mass is 379 g/mol. The van der Waals surface area contributed by atoms with Crippen LogP contribution in [-0.2, 0) is 14.4 Å². The summed E-state index contributed by atoms with van der Waals surface area (Å²) < 4.78 is 0. The van der Waals surface area contributed by atoms with Crippen LogP contribution in [0.25, 0.3) is 0 Å². The van der Waals surface area contributed by atoms with Gasteiger partial charge in [0.2, 0.25) is 11.8 Å². The van der Waals surface area contributed by atoms with Crippen LogP contribution in [-0.4, -0.2) is 23.5 Å². The van der Waals surface area contributed by atoms with Gasteiger partial charge in [-0.1, -0.05) is 0 Å². The molecule has 2 rings (SSSR count). The standard InChI is InChI=1S/C21H21N3O4/c1-13(12-20(27)23-18-6-4-16(5-7-18)14(2)25)21(28)24-19-10-8-17(9-11-19)22-15(3)26/h4-12H,1-3H3,(H,22,26)(H,23,27)(H,24,28)/b13-12-. The molecule has 0 bridgehead atoms. The molecular weight excluding hydrogens is 358 g/mol. The van der Waals surface area contributed by atoms with Crippen molar-refractivity contribution < 1.29 is 19.2 Å². The predicted octanol–water partition coefficient (Wildman–Crippen LogP) is 3.37. The zero-order chi connectivity index (χ0) is 20.7. The number of ketones is 1. The number of hydrogen-bond acceptors (Lipinski definition) is 4. The molecule has 0 spiro atoms. The molecule has 2 aromatic carbocycles. The molecule has 3 N–H and O–H groups in total. The first kappa shape index (κ1) is 20.6. The second kappa shape index (κ2) is 9.27. The Morgan fingerprint density at radius 3 is 1.64 bits per heavy atom. The molecule has 0 aromatic heterocycles. The lowest BCUT2D eigenvalue weighted by Gasteiger charge is -2.08. The van der Waals surface area contributed by atoms with Crippen molar-refractivity contribution in [3.8, 4) is 0 Å². The summed E-state index contributed by atoms with van der Waals surface area (Å²) in [5.41, 5.74) is 2.45. The van der Waals surface area contributed by atoms with Gasteiger partial charge in [-0.25, -0.2) is 0 Å². The smallest absolute Gasteiger partial charge is 0.251 e. The number of Topliss-reactive ketones (excluding diaryl/α,β-unsaturated/α-hetero) is 1. The van der Waals surface area contributed by atoms with Gasteiger partial charge in [0.15, 0.2) is 5.78 Å². The van der Waals surface area contributed by atoms with Crippen molar-refractivity contribution in [2.24, 2.45) is 0 Å². The maximum atomic E-state index is 12.2. The summed E-state index contributed by atoms with van der Waals surface area (Å²) in [6.45, 7) is 4.40. The average molecular weight is 379 g/mol. The van der Waals surface area contributed by atoms with Gasteiger partial charge in [-0.05, 0) is 62.4 Å². The highest BCUT2D eigenvalue weighted by Gasteiger charge is 2.08. The number of nitrogens with one attached hydrogen (secondary N) is 3. The van der Waals surface area contributed by atoms with E-state index in [4.69, 9.17) is 0 Å². The van der Waals surface area contributed by atoms with Crippen LogP contribution in [0.2, 0.25) is 0 Å². The molecule has 0 heterocycles. The Hall–Kier alpha value is -3.74. The second-order valence-electron chi connectivity index (χ2n) is 6.16. The fourth-order valence-corrected chi connectivity index (χ4v) is 2.30. The van der Waals surface area contributed by atoms with Gasteiger partial charge in [0, 0.05) is 41.2 Å². The molecule has 7 heteroatoms. The van der Waals surface area contributed by atoms with Crippen molar-refractivity contribution >= 4 is 40.6 Å². The van der Waals surface area contributed by atoms with Gasteiger partial charge in [0.25, 0.3) is 5.91 Å². The quantitative estimate of drug-likeness (QED) is 0.529. The molecule has 0 saturated heterocycles. The van der Waals surface area contributed by atoms with E-state index >= 15 is 0 Å². The number of hydrogen-bond donors (Lipinski definition) is 3. The number of rotatable bonds is 6. The highest BCUT2D eigenvalue weighted by molar-refractivity contribution is 6.10. The number of amides is 3. The highest BCUT2D eigenvalue weighted by Crippen LogP contribution is 2.15. The van der Waals surface area contributed by atoms with E-state index in [1.165, 1.54) is 26.8 Å². The minimum atomic E-state index is -0.454. The molecule has 144 valence electrons. The third-order valence-electron chi connectivity index (χ3n) is 3.73. The van der Waals surface area contributed by atoms with Crippen LogP contribution in [0, 0.1) is 0 Å². The predicted molar refractivity (Wildman–Crippen MR) is 108 cm³/mol. The van der Waals surface area contributed by atoms with Crippen molar-refractivity contribution in [3.63, 3.8) is 0 Å². The van der Waals surface area contributed by atoms with E-state index in [1.54, 1.807) is 48.5 Å². The zero-order valence-electron chi connectivity index (χ0n) is 15.8. The summed E-state index contributed by atoms with van der Waals surface area (Å²) >= 11 is 0. The van der Waals surface area contributed by atoms with Crippen LogP contribution in [0.15, 0.2) is 60.2 Å².